The second-order valence-electron chi connectivity index (χ2n) is 13.0. The van der Waals surface area contributed by atoms with E-state index in [1.165, 1.54) is 0 Å². The van der Waals surface area contributed by atoms with Gasteiger partial charge in [0.25, 0.3) is 0 Å². The van der Waals surface area contributed by atoms with E-state index in [1.807, 2.05) is 170 Å². The molecule has 2 atom stereocenters. The van der Waals surface area contributed by atoms with E-state index in [1.54, 1.807) is 0 Å². The van der Waals surface area contributed by atoms with Gasteiger partial charge in [0.1, 0.15) is 11.2 Å². The van der Waals surface area contributed by atoms with E-state index in [9.17, 15) is 10.2 Å². The van der Waals surface area contributed by atoms with Crippen molar-refractivity contribution in [3.05, 3.63) is 204 Å². The third-order valence-corrected chi connectivity index (χ3v) is 10.3. The van der Waals surface area contributed by atoms with Gasteiger partial charge >= 0.3 is 0 Å². The minimum absolute atomic E-state index is 0.392. The summed E-state index contributed by atoms with van der Waals surface area (Å²) in [5.41, 5.74) is 3.25. The summed E-state index contributed by atoms with van der Waals surface area (Å²) in [6.07, 6.45) is 0. The number of hydrogen-bond acceptors (Lipinski definition) is 4. The third-order valence-electron chi connectivity index (χ3n) is 10.3. The molecule has 0 amide bonds. The van der Waals surface area contributed by atoms with Crippen LogP contribution in [0.1, 0.15) is 33.8 Å². The van der Waals surface area contributed by atoms with Crippen molar-refractivity contribution in [2.45, 2.75) is 11.2 Å². The van der Waals surface area contributed by atoms with Gasteiger partial charge in [0, 0.05) is 44.2 Å². The zero-order valence-corrected chi connectivity index (χ0v) is 26.9. The molecule has 0 radical (unpaired) electrons. The normalized spacial score (nSPS) is 18.4. The van der Waals surface area contributed by atoms with Crippen LogP contribution in [0.3, 0.4) is 0 Å². The highest BCUT2D eigenvalue weighted by Crippen LogP contribution is 2.58. The van der Waals surface area contributed by atoms with Crippen molar-refractivity contribution in [2.75, 3.05) is 0 Å². The smallest absolute Gasteiger partial charge is 0.174 e. The SMILES string of the molecule is OC1(c2oc3ccccc3c2-c2ccccc2)c2ccccc2C(O)(c2oc3ccccc3c2-c2ccccc2)c2cc3ccccc3cc21. The first-order valence-corrected chi connectivity index (χ1v) is 16.8. The Labute approximate surface area is 288 Å². The first kappa shape index (κ1) is 28.8. The number of benzene rings is 7. The first-order valence-electron chi connectivity index (χ1n) is 16.8. The van der Waals surface area contributed by atoms with E-state index < -0.39 is 11.2 Å². The highest BCUT2D eigenvalue weighted by Gasteiger charge is 2.55. The summed E-state index contributed by atoms with van der Waals surface area (Å²) < 4.78 is 13.6. The summed E-state index contributed by atoms with van der Waals surface area (Å²) in [6, 6.07) is 55.5. The zero-order valence-electron chi connectivity index (χ0n) is 26.9. The van der Waals surface area contributed by atoms with Crippen LogP contribution in [0.25, 0.3) is 55.0 Å². The van der Waals surface area contributed by atoms with Crippen molar-refractivity contribution in [3.63, 3.8) is 0 Å². The molecule has 9 aromatic rings. The van der Waals surface area contributed by atoms with Gasteiger partial charge in [-0.15, -0.1) is 0 Å². The molecular weight excluding hydrogens is 617 g/mol. The Morgan fingerprint density at radius 3 is 1.16 bits per heavy atom. The molecule has 50 heavy (non-hydrogen) atoms. The van der Waals surface area contributed by atoms with Gasteiger partial charge in [-0.25, -0.2) is 0 Å². The highest BCUT2D eigenvalue weighted by atomic mass is 16.4. The van der Waals surface area contributed by atoms with E-state index >= 15 is 0 Å². The van der Waals surface area contributed by atoms with Crippen molar-refractivity contribution >= 4 is 32.7 Å². The molecule has 10 rings (SSSR count). The van der Waals surface area contributed by atoms with Gasteiger partial charge in [-0.2, -0.15) is 0 Å². The van der Waals surface area contributed by atoms with Crippen molar-refractivity contribution in [2.24, 2.45) is 0 Å². The largest absolute Gasteiger partial charge is 0.457 e. The van der Waals surface area contributed by atoms with Gasteiger partial charge < -0.3 is 19.0 Å². The molecule has 2 aromatic heterocycles. The van der Waals surface area contributed by atoms with Gasteiger partial charge in [0.2, 0.25) is 0 Å². The van der Waals surface area contributed by atoms with Crippen LogP contribution >= 0.6 is 0 Å². The molecule has 0 fully saturated rings. The summed E-state index contributed by atoms with van der Waals surface area (Å²) in [5.74, 6) is 0.785. The molecular formula is C46H30O4. The first-order chi connectivity index (χ1) is 24.6. The van der Waals surface area contributed by atoms with Gasteiger partial charge in [-0.05, 0) is 46.2 Å². The minimum Gasteiger partial charge on any atom is -0.457 e. The maximum Gasteiger partial charge on any atom is 0.174 e. The van der Waals surface area contributed by atoms with Crippen LogP contribution in [0.4, 0.5) is 0 Å². The number of hydrogen-bond donors (Lipinski definition) is 2. The molecule has 2 unspecified atom stereocenters. The van der Waals surface area contributed by atoms with E-state index in [0.717, 1.165) is 43.8 Å². The topological polar surface area (TPSA) is 66.7 Å². The van der Waals surface area contributed by atoms with Crippen LogP contribution in [-0.2, 0) is 11.2 Å². The lowest BCUT2D eigenvalue weighted by atomic mass is 9.64. The third kappa shape index (κ3) is 3.89. The predicted molar refractivity (Wildman–Crippen MR) is 198 cm³/mol. The Bertz CT molecular complexity index is 2550. The number of rotatable bonds is 4. The molecule has 4 nitrogen and oxygen atoms in total. The van der Waals surface area contributed by atoms with Gasteiger partial charge in [0.15, 0.2) is 22.7 Å². The van der Waals surface area contributed by atoms with Crippen molar-refractivity contribution in [3.8, 4) is 22.3 Å². The van der Waals surface area contributed by atoms with Crippen LogP contribution in [0.2, 0.25) is 0 Å². The van der Waals surface area contributed by atoms with Crippen LogP contribution in [0, 0.1) is 0 Å². The van der Waals surface area contributed by atoms with Gasteiger partial charge in [-0.3, -0.25) is 0 Å². The molecule has 0 bridgehead atoms. The predicted octanol–water partition coefficient (Wildman–Crippen LogP) is 10.5. The summed E-state index contributed by atoms with van der Waals surface area (Å²) in [4.78, 5) is 0. The average Bonchev–Trinajstić information content (AvgIpc) is 3.77. The Morgan fingerprint density at radius 2 is 0.720 bits per heavy atom. The standard InChI is InChI=1S/C46H30O4/c47-45(43-41(29-15-3-1-4-16-29)33-21-9-13-25-39(33)49-43)35-23-11-12-24-36(35)46(48,38-28-32-20-8-7-19-31(32)27-37(38)45)44-42(30-17-5-2-6-18-30)34-22-10-14-26-40(34)50-44/h1-28,47-48H. The number of aliphatic hydroxyl groups is 2. The lowest BCUT2D eigenvalue weighted by molar-refractivity contribution is 0.0535. The lowest BCUT2D eigenvalue weighted by Crippen LogP contribution is -2.44. The minimum atomic E-state index is -1.80. The fraction of sp³-hybridized carbons (Fsp3) is 0.0435. The molecule has 0 spiro atoms. The maximum atomic E-state index is 13.7. The van der Waals surface area contributed by atoms with Crippen molar-refractivity contribution < 1.29 is 19.0 Å². The molecule has 2 heterocycles. The molecule has 0 saturated carbocycles. The van der Waals surface area contributed by atoms with Gasteiger partial charge in [-0.1, -0.05) is 146 Å². The molecule has 1 aliphatic rings. The Morgan fingerprint density at radius 1 is 0.360 bits per heavy atom. The van der Waals surface area contributed by atoms with Crippen LogP contribution in [-0.4, -0.2) is 10.2 Å². The average molecular weight is 647 g/mol. The van der Waals surface area contributed by atoms with Crippen molar-refractivity contribution in [1.82, 2.24) is 0 Å². The van der Waals surface area contributed by atoms with E-state index in [0.29, 0.717) is 44.9 Å². The quantitative estimate of drug-likeness (QED) is 0.200. The highest BCUT2D eigenvalue weighted by molar-refractivity contribution is 5.99. The molecule has 238 valence electrons. The maximum absolute atomic E-state index is 13.7. The Balaban J connectivity index is 1.37. The Kier molecular flexibility index (Phi) is 6.13. The molecule has 4 heteroatoms. The summed E-state index contributed by atoms with van der Waals surface area (Å²) in [7, 11) is 0. The lowest BCUT2D eigenvalue weighted by Gasteiger charge is -2.43. The summed E-state index contributed by atoms with van der Waals surface area (Å²) in [6.45, 7) is 0. The van der Waals surface area contributed by atoms with Crippen LogP contribution in [0.5, 0.6) is 0 Å². The molecule has 7 aromatic carbocycles. The molecule has 0 saturated heterocycles. The van der Waals surface area contributed by atoms with E-state index in [2.05, 4.69) is 0 Å². The number of fused-ring (bicyclic) bond motifs is 5. The summed E-state index contributed by atoms with van der Waals surface area (Å²) >= 11 is 0. The molecule has 0 aliphatic heterocycles. The number of furan rings is 2. The van der Waals surface area contributed by atoms with E-state index in [-0.39, 0.29) is 0 Å². The monoisotopic (exact) mass is 646 g/mol. The summed E-state index contributed by atoms with van der Waals surface area (Å²) in [5, 5.41) is 31.1. The second kappa shape index (κ2) is 10.6. The van der Waals surface area contributed by atoms with Crippen molar-refractivity contribution in [1.29, 1.82) is 0 Å². The van der Waals surface area contributed by atoms with Crippen LogP contribution in [0.15, 0.2) is 179 Å². The second-order valence-corrected chi connectivity index (χ2v) is 13.0. The number of para-hydroxylation sites is 2. The fourth-order valence-electron chi connectivity index (χ4n) is 8.12. The molecule has 1 aliphatic carbocycles. The van der Waals surface area contributed by atoms with Gasteiger partial charge in [0.05, 0.1) is 0 Å². The van der Waals surface area contributed by atoms with Crippen LogP contribution < -0.4 is 0 Å². The van der Waals surface area contributed by atoms with E-state index in [4.69, 9.17) is 8.83 Å². The fourth-order valence-corrected chi connectivity index (χ4v) is 8.12. The Hall–Kier alpha value is -6.20. The zero-order chi connectivity index (χ0) is 33.5. The molecule has 2 N–H and O–H groups in total.